The first kappa shape index (κ1) is 20.4. The van der Waals surface area contributed by atoms with E-state index in [0.29, 0.717) is 18.1 Å². The summed E-state index contributed by atoms with van der Waals surface area (Å²) in [6.07, 6.45) is -0.0601. The number of benzene rings is 3. The van der Waals surface area contributed by atoms with Gasteiger partial charge in [-0.15, -0.1) is 0 Å². The summed E-state index contributed by atoms with van der Waals surface area (Å²) in [6, 6.07) is 24.9. The topological polar surface area (TPSA) is 55.5 Å². The van der Waals surface area contributed by atoms with Crippen molar-refractivity contribution in [2.24, 2.45) is 11.7 Å². The molecule has 3 aromatic rings. The van der Waals surface area contributed by atoms with Crippen molar-refractivity contribution in [2.45, 2.75) is 32.1 Å². The molecule has 4 heteroatoms. The zero-order valence-corrected chi connectivity index (χ0v) is 16.7. The van der Waals surface area contributed by atoms with E-state index in [1.807, 2.05) is 67.6 Å². The van der Waals surface area contributed by atoms with Gasteiger partial charge in [0, 0.05) is 11.1 Å². The zero-order chi connectivity index (χ0) is 19.9. The fraction of sp³-hybridized carbons (Fsp3) is 0.250. The van der Waals surface area contributed by atoms with Crippen LogP contribution in [0.15, 0.2) is 78.9 Å². The lowest BCUT2D eigenvalue weighted by Crippen LogP contribution is -2.36. The molecule has 146 valence electrons. The highest BCUT2D eigenvalue weighted by molar-refractivity contribution is 6.30. The van der Waals surface area contributed by atoms with Crippen molar-refractivity contribution in [3.05, 3.63) is 101 Å². The van der Waals surface area contributed by atoms with Crippen LogP contribution in [0.3, 0.4) is 0 Å². The fourth-order valence-corrected chi connectivity index (χ4v) is 3.45. The van der Waals surface area contributed by atoms with Crippen LogP contribution in [-0.2, 0) is 13.0 Å². The van der Waals surface area contributed by atoms with Crippen LogP contribution in [-0.4, -0.2) is 11.1 Å². The van der Waals surface area contributed by atoms with Crippen LogP contribution in [0, 0.1) is 5.92 Å². The Bertz CT molecular complexity index is 885. The lowest BCUT2D eigenvalue weighted by Gasteiger charge is -2.26. The third kappa shape index (κ3) is 5.35. The summed E-state index contributed by atoms with van der Waals surface area (Å²) >= 11 is 6.04. The summed E-state index contributed by atoms with van der Waals surface area (Å²) in [7, 11) is 0. The van der Waals surface area contributed by atoms with Crippen LogP contribution in [0.25, 0.3) is 0 Å². The number of rotatable bonds is 8. The summed E-state index contributed by atoms with van der Waals surface area (Å²) < 4.78 is 6.04. The van der Waals surface area contributed by atoms with Gasteiger partial charge in [0.1, 0.15) is 12.4 Å². The van der Waals surface area contributed by atoms with Crippen molar-refractivity contribution in [2.75, 3.05) is 0 Å². The molecular weight excluding hydrogens is 370 g/mol. The summed E-state index contributed by atoms with van der Waals surface area (Å²) in [4.78, 5) is 0. The van der Waals surface area contributed by atoms with Crippen LogP contribution in [0.2, 0.25) is 5.02 Å². The summed E-state index contributed by atoms with van der Waals surface area (Å²) in [5.41, 5.74) is 9.31. The average Bonchev–Trinajstić information content (AvgIpc) is 2.72. The van der Waals surface area contributed by atoms with Crippen LogP contribution >= 0.6 is 11.6 Å². The number of hydrogen-bond donors (Lipinski definition) is 2. The molecule has 0 aliphatic carbocycles. The second-order valence-electron chi connectivity index (χ2n) is 7.14. The van der Waals surface area contributed by atoms with Crippen molar-refractivity contribution < 1.29 is 9.84 Å². The van der Waals surface area contributed by atoms with Crippen molar-refractivity contribution in [3.8, 4) is 5.75 Å². The Morgan fingerprint density at radius 3 is 2.43 bits per heavy atom. The van der Waals surface area contributed by atoms with Gasteiger partial charge in [0.15, 0.2) is 0 Å². The highest BCUT2D eigenvalue weighted by Gasteiger charge is 2.24. The lowest BCUT2D eigenvalue weighted by molar-refractivity contribution is 0.121. The molecule has 0 saturated carbocycles. The monoisotopic (exact) mass is 395 g/mol. The van der Waals surface area contributed by atoms with Gasteiger partial charge in [-0.25, -0.2) is 0 Å². The molecule has 3 aromatic carbocycles. The maximum absolute atomic E-state index is 10.7. The smallest absolute Gasteiger partial charge is 0.123 e. The van der Waals surface area contributed by atoms with Crippen molar-refractivity contribution in [3.63, 3.8) is 0 Å². The highest BCUT2D eigenvalue weighted by Crippen LogP contribution is 2.28. The Kier molecular flexibility index (Phi) is 7.10. The van der Waals surface area contributed by atoms with Gasteiger partial charge in [-0.2, -0.15) is 0 Å². The first-order chi connectivity index (χ1) is 13.5. The number of aliphatic hydroxyl groups is 1. The van der Waals surface area contributed by atoms with E-state index in [1.165, 1.54) is 0 Å². The van der Waals surface area contributed by atoms with Crippen LogP contribution in [0.5, 0.6) is 5.75 Å². The van der Waals surface area contributed by atoms with Gasteiger partial charge < -0.3 is 15.6 Å². The number of aliphatic hydroxyl groups excluding tert-OH is 1. The zero-order valence-electron chi connectivity index (χ0n) is 16.0. The highest BCUT2D eigenvalue weighted by atomic mass is 35.5. The van der Waals surface area contributed by atoms with Gasteiger partial charge >= 0.3 is 0 Å². The molecule has 0 aromatic heterocycles. The molecule has 0 aliphatic rings. The molecular formula is C24H26ClNO2. The largest absolute Gasteiger partial charge is 0.489 e. The maximum atomic E-state index is 10.7. The molecule has 3 nitrogen and oxygen atoms in total. The first-order valence-electron chi connectivity index (χ1n) is 9.48. The average molecular weight is 396 g/mol. The number of para-hydroxylation sites is 1. The SMILES string of the molecule is CC(Cc1ccccc1OCc1ccccc1)[C@@H](N)[C@H](O)c1cccc(Cl)c1. The second kappa shape index (κ2) is 9.74. The summed E-state index contributed by atoms with van der Waals surface area (Å²) in [6.45, 7) is 2.57. The molecule has 0 radical (unpaired) electrons. The fourth-order valence-electron chi connectivity index (χ4n) is 3.26. The molecule has 3 rings (SSSR count). The molecule has 28 heavy (non-hydrogen) atoms. The third-order valence-corrected chi connectivity index (χ3v) is 5.20. The van der Waals surface area contributed by atoms with Gasteiger partial charge in [-0.05, 0) is 47.2 Å². The van der Waals surface area contributed by atoms with Crippen LogP contribution in [0.4, 0.5) is 0 Å². The predicted octanol–water partition coefficient (Wildman–Crippen LogP) is 5.16. The number of ether oxygens (including phenoxy) is 1. The number of halogens is 1. The summed E-state index contributed by atoms with van der Waals surface area (Å²) in [5.74, 6) is 0.901. The maximum Gasteiger partial charge on any atom is 0.123 e. The third-order valence-electron chi connectivity index (χ3n) is 4.96. The van der Waals surface area contributed by atoms with Crippen molar-refractivity contribution >= 4 is 11.6 Å². The standard InChI is InChI=1S/C24H26ClNO2/c1-17(23(26)24(27)20-11-7-12-21(25)15-20)14-19-10-5-6-13-22(19)28-16-18-8-3-2-4-9-18/h2-13,15,17,23-24,27H,14,16,26H2,1H3/t17?,23-,24-/m1/s1. The van der Waals surface area contributed by atoms with E-state index < -0.39 is 12.1 Å². The van der Waals surface area contributed by atoms with E-state index in [4.69, 9.17) is 22.1 Å². The molecule has 0 spiro atoms. The van der Waals surface area contributed by atoms with Crippen molar-refractivity contribution in [1.82, 2.24) is 0 Å². The van der Waals surface area contributed by atoms with Gasteiger partial charge in [-0.1, -0.05) is 79.2 Å². The molecule has 0 saturated heterocycles. The molecule has 0 heterocycles. The molecule has 0 aliphatic heterocycles. The van der Waals surface area contributed by atoms with Gasteiger partial charge in [0.05, 0.1) is 6.10 Å². The first-order valence-corrected chi connectivity index (χ1v) is 9.86. The molecule has 0 fully saturated rings. The number of hydrogen-bond acceptors (Lipinski definition) is 3. The molecule has 1 unspecified atom stereocenters. The second-order valence-corrected chi connectivity index (χ2v) is 7.58. The molecule has 0 amide bonds. The van der Waals surface area contributed by atoms with E-state index in [1.54, 1.807) is 12.1 Å². The van der Waals surface area contributed by atoms with E-state index in [-0.39, 0.29) is 5.92 Å². The number of nitrogens with two attached hydrogens (primary N) is 1. The van der Waals surface area contributed by atoms with Gasteiger partial charge in [-0.3, -0.25) is 0 Å². The Hall–Kier alpha value is -2.33. The van der Waals surface area contributed by atoms with Crippen LogP contribution in [0.1, 0.15) is 29.7 Å². The Morgan fingerprint density at radius 2 is 1.68 bits per heavy atom. The predicted molar refractivity (Wildman–Crippen MR) is 114 cm³/mol. The van der Waals surface area contributed by atoms with Crippen LogP contribution < -0.4 is 10.5 Å². The molecule has 3 N–H and O–H groups in total. The normalized spacial score (nSPS) is 14.3. The lowest BCUT2D eigenvalue weighted by atomic mass is 9.88. The minimum absolute atomic E-state index is 0.0513. The van der Waals surface area contributed by atoms with E-state index in [0.717, 1.165) is 22.4 Å². The van der Waals surface area contributed by atoms with Gasteiger partial charge in [0.2, 0.25) is 0 Å². The quantitative estimate of drug-likeness (QED) is 0.554. The summed E-state index contributed by atoms with van der Waals surface area (Å²) in [5, 5.41) is 11.3. The molecule has 0 bridgehead atoms. The Morgan fingerprint density at radius 1 is 0.964 bits per heavy atom. The molecule has 3 atom stereocenters. The van der Waals surface area contributed by atoms with E-state index >= 15 is 0 Å². The van der Waals surface area contributed by atoms with E-state index in [2.05, 4.69) is 6.07 Å². The minimum atomic E-state index is -0.772. The van der Waals surface area contributed by atoms with E-state index in [9.17, 15) is 5.11 Å². The van der Waals surface area contributed by atoms with Gasteiger partial charge in [0.25, 0.3) is 0 Å². The Labute approximate surface area is 171 Å². The van der Waals surface area contributed by atoms with Crippen molar-refractivity contribution in [1.29, 1.82) is 0 Å². The minimum Gasteiger partial charge on any atom is -0.489 e. The Balaban J connectivity index is 1.67.